The summed E-state index contributed by atoms with van der Waals surface area (Å²) in [6.45, 7) is 13.7. The van der Waals surface area contributed by atoms with E-state index < -0.39 is 0 Å². The van der Waals surface area contributed by atoms with Gasteiger partial charge in [-0.15, -0.1) is 0 Å². The lowest BCUT2D eigenvalue weighted by molar-refractivity contribution is 0.0892. The van der Waals surface area contributed by atoms with Gasteiger partial charge in [-0.25, -0.2) is 9.67 Å². The summed E-state index contributed by atoms with van der Waals surface area (Å²) in [4.78, 5) is 18.6. The number of carbonyl (C=O) groups is 1. The molecule has 3 heterocycles. The zero-order chi connectivity index (χ0) is 23.8. The maximum Gasteiger partial charge on any atom is 0.252 e. The molecule has 0 saturated carbocycles. The Balaban J connectivity index is 1.79. The van der Waals surface area contributed by atoms with E-state index in [1.807, 2.05) is 53.7 Å². The van der Waals surface area contributed by atoms with Gasteiger partial charge in [-0.3, -0.25) is 9.48 Å². The molecule has 0 aliphatic heterocycles. The fourth-order valence-electron chi connectivity index (χ4n) is 3.99. The maximum atomic E-state index is 13.7. The summed E-state index contributed by atoms with van der Waals surface area (Å²) in [7, 11) is 0. The van der Waals surface area contributed by atoms with Crippen molar-refractivity contribution in [3.63, 3.8) is 0 Å². The van der Waals surface area contributed by atoms with Gasteiger partial charge >= 0.3 is 0 Å². The first-order chi connectivity index (χ1) is 15.7. The van der Waals surface area contributed by atoms with Crippen LogP contribution in [0.15, 0.2) is 48.8 Å². The molecular weight excluding hydrogens is 412 g/mol. The first kappa shape index (κ1) is 22.7. The normalized spacial score (nSPS) is 12.8. The lowest BCUT2D eigenvalue weighted by Gasteiger charge is -2.31. The second-order valence-electron chi connectivity index (χ2n) is 9.64. The highest BCUT2D eigenvalue weighted by molar-refractivity contribution is 6.07. The van der Waals surface area contributed by atoms with Gasteiger partial charge in [-0.05, 0) is 38.3 Å². The van der Waals surface area contributed by atoms with E-state index in [1.165, 1.54) is 5.56 Å². The molecule has 1 amide bonds. The summed E-state index contributed by atoms with van der Waals surface area (Å²) in [5, 5.41) is 13.1. The molecule has 0 bridgehead atoms. The number of rotatable bonds is 6. The highest BCUT2D eigenvalue weighted by Crippen LogP contribution is 2.28. The number of amides is 1. The van der Waals surface area contributed by atoms with Gasteiger partial charge in [0.1, 0.15) is 0 Å². The van der Waals surface area contributed by atoms with Gasteiger partial charge in [0.25, 0.3) is 5.91 Å². The van der Waals surface area contributed by atoms with Crippen molar-refractivity contribution in [2.75, 3.05) is 0 Å². The van der Waals surface area contributed by atoms with Crippen molar-refractivity contribution >= 4 is 16.9 Å². The molecule has 0 aliphatic rings. The molecule has 0 fully saturated rings. The molecule has 7 heteroatoms. The van der Waals surface area contributed by atoms with Crippen molar-refractivity contribution in [1.82, 2.24) is 29.9 Å². The van der Waals surface area contributed by atoms with Gasteiger partial charge in [0.15, 0.2) is 5.65 Å². The van der Waals surface area contributed by atoms with Crippen LogP contribution in [0.1, 0.15) is 49.3 Å². The third-order valence-electron chi connectivity index (χ3n) is 6.05. The van der Waals surface area contributed by atoms with Gasteiger partial charge in [-0.1, -0.05) is 50.6 Å². The quantitative estimate of drug-likeness (QED) is 0.464. The first-order valence-electron chi connectivity index (χ1n) is 11.4. The molecule has 0 saturated heterocycles. The number of pyridine rings is 1. The Hall–Kier alpha value is -3.48. The predicted octanol–water partition coefficient (Wildman–Crippen LogP) is 4.78. The minimum atomic E-state index is -0.157. The summed E-state index contributed by atoms with van der Waals surface area (Å²) in [5.74, 6) is -0.124. The third kappa shape index (κ3) is 4.67. The molecule has 172 valence electrons. The molecule has 0 unspecified atom stereocenters. The van der Waals surface area contributed by atoms with E-state index >= 15 is 0 Å². The van der Waals surface area contributed by atoms with Gasteiger partial charge in [-0.2, -0.15) is 10.2 Å². The monoisotopic (exact) mass is 444 g/mol. The molecule has 0 radical (unpaired) electrons. The van der Waals surface area contributed by atoms with Crippen LogP contribution >= 0.6 is 0 Å². The first-order valence-corrected chi connectivity index (χ1v) is 11.4. The van der Waals surface area contributed by atoms with E-state index in [-0.39, 0.29) is 17.4 Å². The number of carbonyl (C=O) groups excluding carboxylic acids is 1. The number of fused-ring (bicyclic) bond motifs is 1. The summed E-state index contributed by atoms with van der Waals surface area (Å²) < 4.78 is 3.72. The van der Waals surface area contributed by atoms with E-state index in [0.29, 0.717) is 18.7 Å². The van der Waals surface area contributed by atoms with E-state index in [2.05, 4.69) is 55.3 Å². The van der Waals surface area contributed by atoms with Gasteiger partial charge < -0.3 is 5.32 Å². The topological polar surface area (TPSA) is 77.6 Å². The number of hydrogen-bond donors (Lipinski definition) is 1. The Morgan fingerprint density at radius 1 is 1.15 bits per heavy atom. The number of benzene rings is 1. The molecule has 1 aromatic carbocycles. The Bertz CT molecular complexity index is 1260. The van der Waals surface area contributed by atoms with Crippen molar-refractivity contribution in [1.29, 1.82) is 0 Å². The van der Waals surface area contributed by atoms with Crippen LogP contribution in [0, 0.1) is 19.3 Å². The number of hydrogen-bond acceptors (Lipinski definition) is 4. The number of aromatic nitrogens is 5. The van der Waals surface area contributed by atoms with Crippen LogP contribution in [-0.4, -0.2) is 36.5 Å². The third-order valence-corrected chi connectivity index (χ3v) is 6.05. The summed E-state index contributed by atoms with van der Waals surface area (Å²) >= 11 is 0. The molecule has 1 N–H and O–H groups in total. The number of nitrogens with one attached hydrogen (secondary N) is 1. The van der Waals surface area contributed by atoms with Crippen LogP contribution in [0.25, 0.3) is 22.3 Å². The molecule has 3 aromatic heterocycles. The van der Waals surface area contributed by atoms with E-state index in [4.69, 9.17) is 4.98 Å². The van der Waals surface area contributed by atoms with Crippen molar-refractivity contribution in [2.45, 2.75) is 60.7 Å². The SMILES string of the molecule is CCn1nc(C)c2c(C(=O)N[C@@H](Cn3cccn3)C(C)(C)C)cc(-c3ccc(C)cc3)nc21. The smallest absolute Gasteiger partial charge is 0.252 e. The molecule has 0 aliphatic carbocycles. The zero-order valence-electron chi connectivity index (χ0n) is 20.3. The van der Waals surface area contributed by atoms with E-state index in [1.54, 1.807) is 6.20 Å². The standard InChI is InChI=1S/C26H32N6O/c1-7-32-24-23(18(3)30-32)20(15-21(28-24)19-11-9-17(2)10-12-19)25(33)29-22(26(4,5)6)16-31-14-8-13-27-31/h8-15,22H,7,16H2,1-6H3,(H,29,33)/t22-/m0/s1. The molecular formula is C26H32N6O. The molecule has 7 nitrogen and oxygen atoms in total. The minimum Gasteiger partial charge on any atom is -0.347 e. The fraction of sp³-hybridized carbons (Fsp3) is 0.385. The van der Waals surface area contributed by atoms with Crippen molar-refractivity contribution < 1.29 is 4.79 Å². The van der Waals surface area contributed by atoms with E-state index in [0.717, 1.165) is 28.0 Å². The van der Waals surface area contributed by atoms with Gasteiger partial charge in [0.05, 0.1) is 34.9 Å². The summed E-state index contributed by atoms with van der Waals surface area (Å²) in [5.41, 5.74) is 4.90. The van der Waals surface area contributed by atoms with Crippen LogP contribution in [0.3, 0.4) is 0 Å². The van der Waals surface area contributed by atoms with Gasteiger partial charge in [0, 0.05) is 24.5 Å². The highest BCUT2D eigenvalue weighted by atomic mass is 16.1. The molecule has 4 aromatic rings. The second-order valence-corrected chi connectivity index (χ2v) is 9.64. The van der Waals surface area contributed by atoms with Crippen molar-refractivity contribution in [2.24, 2.45) is 5.41 Å². The minimum absolute atomic E-state index is 0.113. The average molecular weight is 445 g/mol. The Kier molecular flexibility index (Phi) is 6.06. The van der Waals surface area contributed by atoms with Crippen LogP contribution in [0.4, 0.5) is 0 Å². The predicted molar refractivity (Wildman–Crippen MR) is 131 cm³/mol. The summed E-state index contributed by atoms with van der Waals surface area (Å²) in [6, 6.07) is 11.9. The lowest BCUT2D eigenvalue weighted by atomic mass is 9.86. The fourth-order valence-corrected chi connectivity index (χ4v) is 3.99. The average Bonchev–Trinajstić information content (AvgIpc) is 3.40. The van der Waals surface area contributed by atoms with Crippen LogP contribution in [-0.2, 0) is 13.1 Å². The molecule has 1 atom stereocenters. The van der Waals surface area contributed by atoms with Crippen LogP contribution in [0.5, 0.6) is 0 Å². The maximum absolute atomic E-state index is 13.7. The van der Waals surface area contributed by atoms with E-state index in [9.17, 15) is 4.79 Å². The second kappa shape index (κ2) is 8.81. The Morgan fingerprint density at radius 2 is 1.88 bits per heavy atom. The van der Waals surface area contributed by atoms with Gasteiger partial charge in [0.2, 0.25) is 0 Å². The Labute approximate surface area is 194 Å². The number of aryl methyl sites for hydroxylation is 3. The van der Waals surface area contributed by atoms with Crippen LogP contribution in [0.2, 0.25) is 0 Å². The molecule has 4 rings (SSSR count). The largest absolute Gasteiger partial charge is 0.347 e. The number of nitrogens with zero attached hydrogens (tertiary/aromatic N) is 5. The lowest BCUT2D eigenvalue weighted by Crippen LogP contribution is -2.46. The molecule has 0 spiro atoms. The highest BCUT2D eigenvalue weighted by Gasteiger charge is 2.29. The molecule has 33 heavy (non-hydrogen) atoms. The van der Waals surface area contributed by atoms with Crippen LogP contribution < -0.4 is 5.32 Å². The Morgan fingerprint density at radius 3 is 2.48 bits per heavy atom. The van der Waals surface area contributed by atoms with Crippen molar-refractivity contribution in [3.8, 4) is 11.3 Å². The summed E-state index contributed by atoms with van der Waals surface area (Å²) in [6.07, 6.45) is 3.67. The van der Waals surface area contributed by atoms with Crippen molar-refractivity contribution in [3.05, 3.63) is 65.6 Å². The zero-order valence-corrected chi connectivity index (χ0v) is 20.3.